The Bertz CT molecular complexity index is 608. The lowest BCUT2D eigenvalue weighted by Crippen LogP contribution is -2.47. The van der Waals surface area contributed by atoms with Crippen LogP contribution in [0.4, 0.5) is 0 Å². The number of carbonyl (C=O) groups excluding carboxylic acids is 1. The molecule has 0 fully saturated rings. The smallest absolute Gasteiger partial charge is 0.339 e. The predicted octanol–water partition coefficient (Wildman–Crippen LogP) is 3.24. The molecule has 0 aromatic heterocycles. The highest BCUT2D eigenvalue weighted by Gasteiger charge is 2.23. The number of carbonyl (C=O) groups is 1. The molecule has 0 saturated carbocycles. The molecule has 2 rings (SSSR count). The summed E-state index contributed by atoms with van der Waals surface area (Å²) in [5.74, 6) is -0.329. The summed E-state index contributed by atoms with van der Waals surface area (Å²) in [6.45, 7) is 5.56. The molecule has 0 bridgehead atoms. The van der Waals surface area contributed by atoms with Crippen LogP contribution in [0.5, 0.6) is 0 Å². The van der Waals surface area contributed by atoms with Crippen molar-refractivity contribution >= 4 is 11.5 Å². The van der Waals surface area contributed by atoms with Crippen LogP contribution in [-0.2, 0) is 4.74 Å². The van der Waals surface area contributed by atoms with Gasteiger partial charge < -0.3 is 16.2 Å². The zero-order chi connectivity index (χ0) is 15.7. The molecule has 1 aromatic rings. The van der Waals surface area contributed by atoms with Crippen molar-refractivity contribution in [3.63, 3.8) is 0 Å². The topological polar surface area (TPSA) is 78.3 Å². The Hall–Kier alpha value is -1.91. The van der Waals surface area contributed by atoms with Crippen molar-refractivity contribution in [1.29, 1.82) is 0 Å². The summed E-state index contributed by atoms with van der Waals surface area (Å²) < 4.78 is 5.46. The molecular formula is C18H26N2O2. The van der Waals surface area contributed by atoms with Gasteiger partial charge in [-0.05, 0) is 44.1 Å². The van der Waals surface area contributed by atoms with Crippen LogP contribution in [-0.4, -0.2) is 17.2 Å². The molecule has 0 unspecified atom stereocenters. The average Bonchev–Trinajstić information content (AvgIpc) is 2.37. The predicted molar refractivity (Wildman–Crippen MR) is 91.2 cm³/mol. The van der Waals surface area contributed by atoms with E-state index in [1.165, 1.54) is 0 Å². The van der Waals surface area contributed by atoms with Crippen LogP contribution in [0.15, 0.2) is 42.5 Å². The fourth-order valence-corrected chi connectivity index (χ4v) is 2.11. The highest BCUT2D eigenvalue weighted by atomic mass is 16.6. The molecule has 120 valence electrons. The second kappa shape index (κ2) is 6.46. The maximum atomic E-state index is 12.3. The molecule has 4 N–H and O–H groups in total. The maximum Gasteiger partial charge on any atom is 0.339 e. The fourth-order valence-electron chi connectivity index (χ4n) is 2.11. The zero-order valence-corrected chi connectivity index (χ0v) is 12.7. The van der Waals surface area contributed by atoms with Crippen molar-refractivity contribution in [2.75, 3.05) is 0 Å². The van der Waals surface area contributed by atoms with Crippen LogP contribution in [0.1, 0.15) is 50.5 Å². The molecule has 0 saturated heterocycles. The maximum absolute atomic E-state index is 12.3. The van der Waals surface area contributed by atoms with Gasteiger partial charge in [-0.3, -0.25) is 0 Å². The van der Waals surface area contributed by atoms with Crippen molar-refractivity contribution in [3.05, 3.63) is 53.6 Å². The second-order valence-electron chi connectivity index (χ2n) is 6.36. The molecule has 1 aliphatic rings. The molecule has 1 aliphatic carbocycles. The molecule has 4 nitrogen and oxygen atoms in total. The van der Waals surface area contributed by atoms with E-state index in [-0.39, 0.29) is 13.4 Å². The Labute approximate surface area is 132 Å². The van der Waals surface area contributed by atoms with Crippen molar-refractivity contribution in [3.8, 4) is 0 Å². The highest BCUT2D eigenvalue weighted by Crippen LogP contribution is 2.27. The molecule has 0 amide bonds. The van der Waals surface area contributed by atoms with Gasteiger partial charge in [-0.2, -0.15) is 0 Å². The largest absolute Gasteiger partial charge is 0.456 e. The molecule has 0 radical (unpaired) electrons. The Morgan fingerprint density at radius 3 is 2.41 bits per heavy atom. The van der Waals surface area contributed by atoms with Crippen LogP contribution in [0, 0.1) is 0 Å². The SMILES string of the molecule is C.CC(C)(C)OC(=O)c1ccccc1C1=CCC(N)(N)C=C1. The minimum absolute atomic E-state index is 0. The van der Waals surface area contributed by atoms with Crippen LogP contribution in [0.3, 0.4) is 0 Å². The molecule has 4 heteroatoms. The summed E-state index contributed by atoms with van der Waals surface area (Å²) in [5.41, 5.74) is 12.7. The Morgan fingerprint density at radius 2 is 1.86 bits per heavy atom. The molecule has 0 atom stereocenters. The van der Waals surface area contributed by atoms with Crippen LogP contribution in [0.25, 0.3) is 5.57 Å². The first kappa shape index (κ1) is 18.1. The zero-order valence-electron chi connectivity index (χ0n) is 12.7. The monoisotopic (exact) mass is 302 g/mol. The molecule has 0 heterocycles. The highest BCUT2D eigenvalue weighted by molar-refractivity contribution is 5.97. The van der Waals surface area contributed by atoms with E-state index < -0.39 is 11.3 Å². The Balaban J connectivity index is 0.00000242. The van der Waals surface area contributed by atoms with Crippen LogP contribution < -0.4 is 11.5 Å². The number of hydrogen-bond donors (Lipinski definition) is 2. The van der Waals surface area contributed by atoms with Gasteiger partial charge in [-0.15, -0.1) is 0 Å². The van der Waals surface area contributed by atoms with E-state index in [1.807, 2.05) is 51.1 Å². The third-order valence-corrected chi connectivity index (χ3v) is 3.11. The fraction of sp³-hybridized carbons (Fsp3) is 0.389. The third kappa shape index (κ3) is 4.55. The first-order chi connectivity index (χ1) is 9.68. The van der Waals surface area contributed by atoms with Crippen LogP contribution >= 0.6 is 0 Å². The first-order valence-corrected chi connectivity index (χ1v) is 6.98. The molecular weight excluding hydrogens is 276 g/mol. The van der Waals surface area contributed by atoms with E-state index in [0.717, 1.165) is 11.1 Å². The summed E-state index contributed by atoms with van der Waals surface area (Å²) >= 11 is 0. The van der Waals surface area contributed by atoms with Gasteiger partial charge >= 0.3 is 5.97 Å². The average molecular weight is 302 g/mol. The van der Waals surface area contributed by atoms with E-state index in [9.17, 15) is 4.79 Å². The summed E-state index contributed by atoms with van der Waals surface area (Å²) in [4.78, 5) is 12.3. The standard InChI is InChI=1S/C17H22N2O2.CH4/c1-16(2,3)21-15(20)14-7-5-4-6-13(14)12-8-10-17(18,19)11-9-12;/h4-10H,11,18-19H2,1-3H3;1H4. The third-order valence-electron chi connectivity index (χ3n) is 3.11. The normalized spacial score (nSPS) is 16.5. The summed E-state index contributed by atoms with van der Waals surface area (Å²) in [6, 6.07) is 7.39. The molecule has 0 spiro atoms. The lowest BCUT2D eigenvalue weighted by molar-refractivity contribution is 0.00692. The number of esters is 1. The number of nitrogens with two attached hydrogens (primary N) is 2. The van der Waals surface area contributed by atoms with E-state index in [2.05, 4.69) is 0 Å². The first-order valence-electron chi connectivity index (χ1n) is 6.98. The lowest BCUT2D eigenvalue weighted by Gasteiger charge is -2.24. The molecule has 22 heavy (non-hydrogen) atoms. The van der Waals surface area contributed by atoms with Crippen molar-refractivity contribution < 1.29 is 9.53 Å². The quantitative estimate of drug-likeness (QED) is 0.649. The number of allylic oxidation sites excluding steroid dienone is 2. The number of benzene rings is 1. The number of ether oxygens (including phenoxy) is 1. The minimum atomic E-state index is -0.815. The second-order valence-corrected chi connectivity index (χ2v) is 6.36. The minimum Gasteiger partial charge on any atom is -0.456 e. The summed E-state index contributed by atoms with van der Waals surface area (Å²) in [6.07, 6.45) is 6.09. The van der Waals surface area contributed by atoms with Gasteiger partial charge in [0, 0.05) is 6.42 Å². The summed E-state index contributed by atoms with van der Waals surface area (Å²) in [7, 11) is 0. The van der Waals surface area contributed by atoms with Crippen molar-refractivity contribution in [2.45, 2.75) is 45.9 Å². The van der Waals surface area contributed by atoms with Gasteiger partial charge in [0.25, 0.3) is 0 Å². The number of rotatable bonds is 2. The van der Waals surface area contributed by atoms with Gasteiger partial charge in [0.15, 0.2) is 0 Å². The van der Waals surface area contributed by atoms with E-state index in [0.29, 0.717) is 12.0 Å². The van der Waals surface area contributed by atoms with Gasteiger partial charge in [-0.25, -0.2) is 4.79 Å². The Kier molecular flexibility index (Phi) is 5.33. The number of hydrogen-bond acceptors (Lipinski definition) is 4. The van der Waals surface area contributed by atoms with Gasteiger partial charge in [-0.1, -0.05) is 37.8 Å². The van der Waals surface area contributed by atoms with Crippen molar-refractivity contribution in [2.24, 2.45) is 11.5 Å². The van der Waals surface area contributed by atoms with E-state index in [1.54, 1.807) is 12.1 Å². The van der Waals surface area contributed by atoms with E-state index >= 15 is 0 Å². The van der Waals surface area contributed by atoms with E-state index in [4.69, 9.17) is 16.2 Å². The van der Waals surface area contributed by atoms with Crippen LogP contribution in [0.2, 0.25) is 0 Å². The summed E-state index contributed by atoms with van der Waals surface area (Å²) in [5, 5.41) is 0. The molecule has 1 aromatic carbocycles. The van der Waals surface area contributed by atoms with Gasteiger partial charge in [0.05, 0.1) is 11.2 Å². The lowest BCUT2D eigenvalue weighted by atomic mass is 9.91. The van der Waals surface area contributed by atoms with Gasteiger partial charge in [0.2, 0.25) is 0 Å². The molecule has 0 aliphatic heterocycles. The van der Waals surface area contributed by atoms with Crippen molar-refractivity contribution in [1.82, 2.24) is 0 Å². The Morgan fingerprint density at radius 1 is 1.23 bits per heavy atom. The van der Waals surface area contributed by atoms with Gasteiger partial charge in [0.1, 0.15) is 5.60 Å².